The first kappa shape index (κ1) is 19.9. The van der Waals surface area contributed by atoms with Crippen molar-refractivity contribution in [2.24, 2.45) is 0 Å². The molecule has 156 valence electrons. The fourth-order valence-electron chi connectivity index (χ4n) is 3.47. The van der Waals surface area contributed by atoms with E-state index in [9.17, 15) is 14.9 Å². The van der Waals surface area contributed by atoms with Gasteiger partial charge in [-0.15, -0.1) is 0 Å². The number of amides is 1. The van der Waals surface area contributed by atoms with E-state index in [2.05, 4.69) is 15.0 Å². The molecule has 3 aromatic rings. The summed E-state index contributed by atoms with van der Waals surface area (Å²) >= 11 is 6.09. The van der Waals surface area contributed by atoms with E-state index >= 15 is 0 Å². The molecule has 30 heavy (non-hydrogen) atoms. The molecule has 1 aliphatic rings. The maximum absolute atomic E-state index is 12.8. The molecule has 0 saturated carbocycles. The third-order valence-corrected chi connectivity index (χ3v) is 5.40. The van der Waals surface area contributed by atoms with Gasteiger partial charge in [0.1, 0.15) is 24.0 Å². The van der Waals surface area contributed by atoms with Gasteiger partial charge >= 0.3 is 5.82 Å². The highest BCUT2D eigenvalue weighted by molar-refractivity contribution is 6.32. The van der Waals surface area contributed by atoms with Crippen LogP contribution in [-0.2, 0) is 11.3 Å². The molecule has 10 nitrogen and oxygen atoms in total. The summed E-state index contributed by atoms with van der Waals surface area (Å²) in [7, 11) is 1.58. The number of carbonyl (C=O) groups excluding carboxylic acids is 1. The number of nitrogens with zero attached hydrogens (tertiary/aromatic N) is 6. The van der Waals surface area contributed by atoms with Gasteiger partial charge in [-0.2, -0.15) is 5.10 Å². The molecule has 11 heteroatoms. The number of benzene rings is 1. The van der Waals surface area contributed by atoms with Crippen LogP contribution >= 0.6 is 11.6 Å². The molecule has 0 atom stereocenters. The Morgan fingerprint density at radius 1 is 1.23 bits per heavy atom. The molecule has 0 N–H and O–H groups in total. The largest absolute Gasteiger partial charge is 0.495 e. The van der Waals surface area contributed by atoms with Gasteiger partial charge in [-0.05, 0) is 28.1 Å². The van der Waals surface area contributed by atoms with Gasteiger partial charge in [0, 0.05) is 44.0 Å². The summed E-state index contributed by atoms with van der Waals surface area (Å²) in [6, 6.07) is 8.50. The van der Waals surface area contributed by atoms with Crippen molar-refractivity contribution >= 4 is 40.0 Å². The average molecular weight is 431 g/mol. The molecule has 0 bridgehead atoms. The second-order valence-electron chi connectivity index (χ2n) is 6.82. The van der Waals surface area contributed by atoms with Crippen molar-refractivity contribution < 1.29 is 14.5 Å². The maximum atomic E-state index is 12.8. The molecule has 0 unspecified atom stereocenters. The first-order valence-corrected chi connectivity index (χ1v) is 9.67. The number of ether oxygens (including phenoxy) is 1. The number of piperazine rings is 1. The van der Waals surface area contributed by atoms with E-state index in [1.54, 1.807) is 24.1 Å². The van der Waals surface area contributed by atoms with Crippen molar-refractivity contribution in [3.8, 4) is 5.75 Å². The Labute approximate surface area is 176 Å². The number of pyridine rings is 1. The lowest BCUT2D eigenvalue weighted by molar-refractivity contribution is -0.389. The van der Waals surface area contributed by atoms with Crippen LogP contribution in [0.25, 0.3) is 11.0 Å². The standard InChI is InChI=1S/C19H19ClN6O4/c1-30-17-10-13(2-3-14(17)20)23-6-8-24(9-7-23)19(27)12-25-16-4-5-18(26(28)29)22-15(16)11-21-25/h2-5,10-11H,6-9,12H2,1H3. The number of fused-ring (bicyclic) bond motifs is 1. The molecule has 0 spiro atoms. The summed E-state index contributed by atoms with van der Waals surface area (Å²) in [4.78, 5) is 31.0. The van der Waals surface area contributed by atoms with Crippen LogP contribution in [0.4, 0.5) is 11.5 Å². The van der Waals surface area contributed by atoms with Crippen LogP contribution in [0.2, 0.25) is 5.02 Å². The number of halogens is 1. The Balaban J connectivity index is 1.40. The van der Waals surface area contributed by atoms with Crippen LogP contribution in [0.15, 0.2) is 36.5 Å². The van der Waals surface area contributed by atoms with Crippen LogP contribution in [-0.4, -0.2) is 63.8 Å². The number of rotatable bonds is 5. The predicted octanol–water partition coefficient (Wildman–Crippen LogP) is 2.35. The summed E-state index contributed by atoms with van der Waals surface area (Å²) in [6.07, 6.45) is 1.43. The Kier molecular flexibility index (Phi) is 5.40. The Bertz CT molecular complexity index is 1110. The van der Waals surface area contributed by atoms with E-state index in [4.69, 9.17) is 16.3 Å². The van der Waals surface area contributed by atoms with Gasteiger partial charge in [-0.25, -0.2) is 0 Å². The van der Waals surface area contributed by atoms with Gasteiger partial charge in [-0.1, -0.05) is 11.6 Å². The van der Waals surface area contributed by atoms with E-state index in [1.807, 2.05) is 12.1 Å². The third-order valence-electron chi connectivity index (χ3n) is 5.09. The topological polar surface area (TPSA) is 107 Å². The third kappa shape index (κ3) is 3.86. The monoisotopic (exact) mass is 430 g/mol. The number of carbonyl (C=O) groups is 1. The molecule has 1 fully saturated rings. The number of nitro groups is 1. The molecular formula is C19H19ClN6O4. The Hall–Kier alpha value is -3.40. The van der Waals surface area contributed by atoms with Gasteiger partial charge in [0.2, 0.25) is 11.4 Å². The number of hydrogen-bond acceptors (Lipinski definition) is 7. The van der Waals surface area contributed by atoms with Gasteiger partial charge in [0.05, 0.1) is 12.1 Å². The van der Waals surface area contributed by atoms with Crippen LogP contribution in [0.5, 0.6) is 5.75 Å². The lowest BCUT2D eigenvalue weighted by atomic mass is 10.2. The summed E-state index contributed by atoms with van der Waals surface area (Å²) in [5.74, 6) is 0.307. The van der Waals surface area contributed by atoms with E-state index in [-0.39, 0.29) is 18.3 Å². The molecule has 3 heterocycles. The minimum Gasteiger partial charge on any atom is -0.495 e. The normalized spacial score (nSPS) is 14.2. The minimum absolute atomic E-state index is 0.0533. The zero-order chi connectivity index (χ0) is 21.3. The Morgan fingerprint density at radius 3 is 2.70 bits per heavy atom. The van der Waals surface area contributed by atoms with Crippen LogP contribution in [0, 0.1) is 10.1 Å². The zero-order valence-electron chi connectivity index (χ0n) is 16.2. The second kappa shape index (κ2) is 8.15. The number of aromatic nitrogens is 3. The van der Waals surface area contributed by atoms with E-state index in [0.29, 0.717) is 48.0 Å². The summed E-state index contributed by atoms with van der Waals surface area (Å²) in [5.41, 5.74) is 1.97. The molecular weight excluding hydrogens is 412 g/mol. The smallest absolute Gasteiger partial charge is 0.364 e. The number of anilines is 1. The summed E-state index contributed by atoms with van der Waals surface area (Å²) in [6.45, 7) is 2.57. The van der Waals surface area contributed by atoms with Crippen molar-refractivity contribution in [3.63, 3.8) is 0 Å². The van der Waals surface area contributed by atoms with Crippen LogP contribution < -0.4 is 9.64 Å². The molecule has 1 aromatic carbocycles. The first-order chi connectivity index (χ1) is 14.5. The second-order valence-corrected chi connectivity index (χ2v) is 7.23. The first-order valence-electron chi connectivity index (χ1n) is 9.29. The van der Waals surface area contributed by atoms with Gasteiger partial charge in [0.25, 0.3) is 0 Å². The lowest BCUT2D eigenvalue weighted by Gasteiger charge is -2.36. The highest BCUT2D eigenvalue weighted by Gasteiger charge is 2.23. The van der Waals surface area contributed by atoms with Gasteiger partial charge in [0.15, 0.2) is 0 Å². The van der Waals surface area contributed by atoms with Gasteiger partial charge in [-0.3, -0.25) is 9.48 Å². The van der Waals surface area contributed by atoms with Crippen molar-refractivity contribution in [1.82, 2.24) is 19.7 Å². The number of methoxy groups -OCH3 is 1. The predicted molar refractivity (Wildman–Crippen MR) is 111 cm³/mol. The SMILES string of the molecule is COc1cc(N2CCN(C(=O)Cn3ncc4nc([N+](=O)[O-])ccc43)CC2)ccc1Cl. The highest BCUT2D eigenvalue weighted by Crippen LogP contribution is 2.29. The quantitative estimate of drug-likeness (QED) is 0.451. The molecule has 1 amide bonds. The van der Waals surface area contributed by atoms with Crippen molar-refractivity contribution in [3.05, 3.63) is 51.7 Å². The minimum atomic E-state index is -0.558. The summed E-state index contributed by atoms with van der Waals surface area (Å²) < 4.78 is 6.79. The van der Waals surface area contributed by atoms with Crippen LogP contribution in [0.1, 0.15) is 0 Å². The van der Waals surface area contributed by atoms with Crippen molar-refractivity contribution in [2.75, 3.05) is 38.2 Å². The fourth-order valence-corrected chi connectivity index (χ4v) is 3.67. The van der Waals surface area contributed by atoms with E-state index in [1.165, 1.54) is 16.9 Å². The van der Waals surface area contributed by atoms with Crippen molar-refractivity contribution in [1.29, 1.82) is 0 Å². The van der Waals surface area contributed by atoms with Crippen molar-refractivity contribution in [2.45, 2.75) is 6.54 Å². The highest BCUT2D eigenvalue weighted by atomic mass is 35.5. The molecule has 0 aliphatic carbocycles. The fraction of sp³-hybridized carbons (Fsp3) is 0.316. The Morgan fingerprint density at radius 2 is 2.00 bits per heavy atom. The zero-order valence-corrected chi connectivity index (χ0v) is 16.9. The molecule has 1 saturated heterocycles. The maximum Gasteiger partial charge on any atom is 0.364 e. The van der Waals surface area contributed by atoms with E-state index in [0.717, 1.165) is 5.69 Å². The van der Waals surface area contributed by atoms with E-state index < -0.39 is 4.92 Å². The molecule has 1 aliphatic heterocycles. The van der Waals surface area contributed by atoms with Crippen LogP contribution in [0.3, 0.4) is 0 Å². The lowest BCUT2D eigenvalue weighted by Crippen LogP contribution is -2.49. The number of hydrogen-bond donors (Lipinski definition) is 0. The molecule has 0 radical (unpaired) electrons. The molecule has 2 aromatic heterocycles. The van der Waals surface area contributed by atoms with Gasteiger partial charge < -0.3 is 24.7 Å². The average Bonchev–Trinajstić information content (AvgIpc) is 3.16. The summed E-state index contributed by atoms with van der Waals surface area (Å²) in [5, 5.41) is 15.6. The molecule has 4 rings (SSSR count).